The van der Waals surface area contributed by atoms with Gasteiger partial charge in [0.2, 0.25) is 0 Å². The van der Waals surface area contributed by atoms with Crippen LogP contribution in [0.4, 0.5) is 5.69 Å². The normalized spacial score (nSPS) is 20.8. The quantitative estimate of drug-likeness (QED) is 0.331. The number of carbonyl (C=O) groups is 1. The number of hydrogen-bond donors (Lipinski definition) is 0. The lowest BCUT2D eigenvalue weighted by Crippen LogP contribution is -2.39. The van der Waals surface area contributed by atoms with Crippen molar-refractivity contribution in [3.63, 3.8) is 0 Å². The first kappa shape index (κ1) is 17.8. The lowest BCUT2D eigenvalue weighted by molar-refractivity contribution is -0.384. The van der Waals surface area contributed by atoms with Gasteiger partial charge in [-0.1, -0.05) is 67.5 Å². The predicted molar refractivity (Wildman–Crippen MR) is 104 cm³/mol. The maximum Gasteiger partial charge on any atom is 0.270 e. The minimum absolute atomic E-state index is 0.0226. The molecule has 1 aliphatic heterocycles. The molecule has 0 atom stereocenters. The zero-order valence-corrected chi connectivity index (χ0v) is 15.2. The highest BCUT2D eigenvalue weighted by Gasteiger charge is 2.37. The van der Waals surface area contributed by atoms with Crippen LogP contribution in [0.1, 0.15) is 37.7 Å². The van der Waals surface area contributed by atoms with E-state index in [4.69, 9.17) is 12.2 Å². The number of thioether (sulfide) groups is 1. The summed E-state index contributed by atoms with van der Waals surface area (Å²) >= 11 is 6.72. The molecule has 3 rings (SSSR count). The van der Waals surface area contributed by atoms with Crippen LogP contribution in [0.25, 0.3) is 6.08 Å². The Balaban J connectivity index is 1.71. The molecule has 0 radical (unpaired) electrons. The number of nitrogens with zero attached hydrogens (tertiary/aromatic N) is 2. The van der Waals surface area contributed by atoms with Crippen LogP contribution in [0.5, 0.6) is 0 Å². The molecule has 0 N–H and O–H groups in total. The van der Waals surface area contributed by atoms with Gasteiger partial charge >= 0.3 is 0 Å². The fourth-order valence-corrected chi connectivity index (χ4v) is 4.49. The van der Waals surface area contributed by atoms with E-state index in [2.05, 4.69) is 0 Å². The van der Waals surface area contributed by atoms with Crippen molar-refractivity contribution in [1.82, 2.24) is 4.90 Å². The summed E-state index contributed by atoms with van der Waals surface area (Å²) in [6.07, 6.45) is 10.8. The Morgan fingerprint density at radius 2 is 2.04 bits per heavy atom. The molecule has 0 spiro atoms. The van der Waals surface area contributed by atoms with Crippen molar-refractivity contribution in [3.05, 3.63) is 57.0 Å². The Hall–Kier alpha value is -1.99. The Kier molecular flexibility index (Phi) is 5.65. The number of allylic oxidation sites excluding steroid dienone is 2. The van der Waals surface area contributed by atoms with Crippen molar-refractivity contribution >= 4 is 46.0 Å². The van der Waals surface area contributed by atoms with Crippen LogP contribution in [-0.2, 0) is 4.79 Å². The number of benzene rings is 1. The number of thiocarbonyl (C=S) groups is 1. The molecule has 0 unspecified atom stereocenters. The van der Waals surface area contributed by atoms with Gasteiger partial charge in [0.1, 0.15) is 4.32 Å². The van der Waals surface area contributed by atoms with E-state index in [0.717, 1.165) is 25.7 Å². The van der Waals surface area contributed by atoms with Crippen molar-refractivity contribution in [2.75, 3.05) is 0 Å². The largest absolute Gasteiger partial charge is 0.290 e. The highest BCUT2D eigenvalue weighted by molar-refractivity contribution is 8.26. The molecule has 1 aliphatic carbocycles. The molecule has 1 aromatic carbocycles. The topological polar surface area (TPSA) is 63.4 Å². The number of nitro benzene ring substituents is 1. The fourth-order valence-electron chi connectivity index (χ4n) is 3.14. The average Bonchev–Trinajstić information content (AvgIpc) is 2.90. The first-order valence-electron chi connectivity index (χ1n) is 8.24. The molecule has 0 bridgehead atoms. The number of amides is 1. The molecule has 1 aromatic rings. The third-order valence-corrected chi connectivity index (χ3v) is 5.73. The van der Waals surface area contributed by atoms with Gasteiger partial charge < -0.3 is 0 Å². The predicted octanol–water partition coefficient (Wildman–Crippen LogP) is 4.68. The van der Waals surface area contributed by atoms with E-state index in [1.165, 1.54) is 30.3 Å². The van der Waals surface area contributed by atoms with E-state index in [9.17, 15) is 14.9 Å². The van der Waals surface area contributed by atoms with Crippen molar-refractivity contribution in [1.29, 1.82) is 0 Å². The Morgan fingerprint density at radius 3 is 2.76 bits per heavy atom. The molecule has 1 amide bonds. The van der Waals surface area contributed by atoms with E-state index >= 15 is 0 Å². The number of hydrogen-bond acceptors (Lipinski definition) is 5. The minimum atomic E-state index is -0.424. The summed E-state index contributed by atoms with van der Waals surface area (Å²) in [4.78, 5) is 25.4. The summed E-state index contributed by atoms with van der Waals surface area (Å²) in [6, 6.07) is 6.60. The third-order valence-electron chi connectivity index (χ3n) is 4.38. The fraction of sp³-hybridized carbons (Fsp3) is 0.333. The summed E-state index contributed by atoms with van der Waals surface area (Å²) in [7, 11) is 0. The molecule has 1 heterocycles. The van der Waals surface area contributed by atoms with Crippen molar-refractivity contribution in [3.8, 4) is 0 Å². The highest BCUT2D eigenvalue weighted by atomic mass is 32.2. The van der Waals surface area contributed by atoms with Crippen LogP contribution < -0.4 is 0 Å². The summed E-state index contributed by atoms with van der Waals surface area (Å²) in [5.74, 6) is -0.0226. The zero-order chi connectivity index (χ0) is 17.8. The molecule has 1 saturated carbocycles. The van der Waals surface area contributed by atoms with Crippen molar-refractivity contribution in [2.24, 2.45) is 0 Å². The molecule has 25 heavy (non-hydrogen) atoms. The molecule has 130 valence electrons. The average molecular weight is 374 g/mol. The van der Waals surface area contributed by atoms with E-state index < -0.39 is 4.92 Å². The molecule has 0 aromatic heterocycles. The molecule has 5 nitrogen and oxygen atoms in total. The SMILES string of the molecule is O=C1C(=C/C=C/c2cccc([N+](=O)[O-])c2)SC(=S)N1C1CCCCC1. The first-order valence-corrected chi connectivity index (χ1v) is 9.47. The second-order valence-corrected chi connectivity index (χ2v) is 7.75. The summed E-state index contributed by atoms with van der Waals surface area (Å²) in [5.41, 5.74) is 0.763. The van der Waals surface area contributed by atoms with E-state index in [0.29, 0.717) is 14.8 Å². The highest BCUT2D eigenvalue weighted by Crippen LogP contribution is 2.36. The lowest BCUT2D eigenvalue weighted by atomic mass is 9.94. The van der Waals surface area contributed by atoms with Gasteiger partial charge in [-0.15, -0.1) is 0 Å². The summed E-state index contributed by atoms with van der Waals surface area (Å²) in [6.45, 7) is 0. The van der Waals surface area contributed by atoms with Crippen LogP contribution in [-0.4, -0.2) is 26.1 Å². The van der Waals surface area contributed by atoms with Crippen LogP contribution in [0.2, 0.25) is 0 Å². The van der Waals surface area contributed by atoms with Gasteiger partial charge in [0.25, 0.3) is 11.6 Å². The van der Waals surface area contributed by atoms with Crippen molar-refractivity contribution < 1.29 is 9.72 Å². The number of carbonyl (C=O) groups excluding carboxylic acids is 1. The van der Waals surface area contributed by atoms with Crippen LogP contribution in [0.15, 0.2) is 41.3 Å². The van der Waals surface area contributed by atoms with Crippen molar-refractivity contribution in [2.45, 2.75) is 38.1 Å². The van der Waals surface area contributed by atoms with Crippen LogP contribution in [0, 0.1) is 10.1 Å². The minimum Gasteiger partial charge on any atom is -0.290 e. The second kappa shape index (κ2) is 7.93. The van der Waals surface area contributed by atoms with Crippen LogP contribution >= 0.6 is 24.0 Å². The van der Waals surface area contributed by atoms with Gasteiger partial charge in [0.15, 0.2) is 0 Å². The molecular formula is C18H18N2O3S2. The molecule has 2 aliphatic rings. The van der Waals surface area contributed by atoms with Gasteiger partial charge in [0.05, 0.1) is 9.83 Å². The summed E-state index contributed by atoms with van der Waals surface area (Å²) in [5, 5.41) is 10.8. The number of rotatable bonds is 4. The summed E-state index contributed by atoms with van der Waals surface area (Å²) < 4.78 is 0.631. The Labute approximate surface area is 155 Å². The molecular weight excluding hydrogens is 356 g/mol. The maximum absolute atomic E-state index is 12.6. The zero-order valence-electron chi connectivity index (χ0n) is 13.6. The van der Waals surface area contributed by atoms with E-state index in [1.54, 1.807) is 35.3 Å². The van der Waals surface area contributed by atoms with E-state index in [-0.39, 0.29) is 17.6 Å². The first-order chi connectivity index (χ1) is 12.1. The molecule has 7 heteroatoms. The van der Waals surface area contributed by atoms with Gasteiger partial charge in [-0.3, -0.25) is 19.8 Å². The molecule has 2 fully saturated rings. The maximum atomic E-state index is 12.6. The number of non-ortho nitro benzene ring substituents is 1. The molecule has 1 saturated heterocycles. The van der Waals surface area contributed by atoms with Crippen LogP contribution in [0.3, 0.4) is 0 Å². The van der Waals surface area contributed by atoms with E-state index in [1.807, 2.05) is 0 Å². The van der Waals surface area contributed by atoms with Gasteiger partial charge in [-0.05, 0) is 24.5 Å². The smallest absolute Gasteiger partial charge is 0.270 e. The van der Waals surface area contributed by atoms with Gasteiger partial charge in [-0.2, -0.15) is 0 Å². The Bertz CT molecular complexity index is 767. The standard InChI is InChI=1S/C18H18N2O3S2/c21-17-16(25-18(24)19(17)14-8-2-1-3-9-14)11-5-7-13-6-4-10-15(12-13)20(22)23/h4-7,10-12,14H,1-3,8-9H2/b7-5+,16-11?. The third kappa shape index (κ3) is 4.16. The monoisotopic (exact) mass is 374 g/mol. The Morgan fingerprint density at radius 1 is 1.28 bits per heavy atom. The second-order valence-electron chi connectivity index (χ2n) is 6.08. The van der Waals surface area contributed by atoms with Gasteiger partial charge in [0, 0.05) is 18.2 Å². The lowest BCUT2D eigenvalue weighted by Gasteiger charge is -2.29. The van der Waals surface area contributed by atoms with Gasteiger partial charge in [-0.25, -0.2) is 0 Å². The number of nitro groups is 1.